The Morgan fingerprint density at radius 2 is 1.88 bits per heavy atom. The molecule has 0 spiro atoms. The van der Waals surface area contributed by atoms with Crippen LogP contribution in [0.5, 0.6) is 0 Å². The lowest BCUT2D eigenvalue weighted by atomic mass is 9.65. The fourth-order valence-corrected chi connectivity index (χ4v) is 2.86. The van der Waals surface area contributed by atoms with Crippen molar-refractivity contribution < 1.29 is 4.79 Å². The van der Waals surface area contributed by atoms with E-state index in [1.54, 1.807) is 0 Å². The topological polar surface area (TPSA) is 17.1 Å². The van der Waals surface area contributed by atoms with Gasteiger partial charge in [0, 0.05) is 17.4 Å². The molecule has 1 aliphatic rings. The zero-order valence-corrected chi connectivity index (χ0v) is 10.6. The predicted molar refractivity (Wildman–Crippen MR) is 66.8 cm³/mol. The number of benzene rings is 1. The van der Waals surface area contributed by atoms with Crippen molar-refractivity contribution >= 4 is 17.4 Å². The van der Waals surface area contributed by atoms with Crippen LogP contribution in [0, 0.1) is 5.41 Å². The molecule has 1 aromatic carbocycles. The van der Waals surface area contributed by atoms with Crippen LogP contribution in [0.25, 0.3) is 0 Å². The van der Waals surface area contributed by atoms with Crippen molar-refractivity contribution in [3.8, 4) is 0 Å². The third-order valence-electron chi connectivity index (χ3n) is 3.55. The Morgan fingerprint density at radius 3 is 2.44 bits per heavy atom. The van der Waals surface area contributed by atoms with Crippen molar-refractivity contribution in [2.45, 2.75) is 39.0 Å². The van der Waals surface area contributed by atoms with E-state index < -0.39 is 0 Å². The molecule has 0 saturated heterocycles. The molecule has 0 heterocycles. The van der Waals surface area contributed by atoms with E-state index in [0.29, 0.717) is 5.78 Å². The summed E-state index contributed by atoms with van der Waals surface area (Å²) in [7, 11) is 0. The fraction of sp³-hybridized carbons (Fsp3) is 0.500. The molecule has 1 fully saturated rings. The smallest absolute Gasteiger partial charge is 0.140 e. The number of carbonyl (C=O) groups excluding carboxylic acids is 1. The fourth-order valence-electron chi connectivity index (χ4n) is 2.74. The largest absolute Gasteiger partial charge is 0.299 e. The lowest BCUT2D eigenvalue weighted by Gasteiger charge is -2.37. The molecule has 1 atom stereocenters. The number of carbonyl (C=O) groups is 1. The van der Waals surface area contributed by atoms with Crippen molar-refractivity contribution in [3.63, 3.8) is 0 Å². The van der Waals surface area contributed by atoms with E-state index in [-0.39, 0.29) is 11.3 Å². The minimum absolute atomic E-state index is 0.0403. The van der Waals surface area contributed by atoms with Crippen LogP contribution in [-0.4, -0.2) is 5.78 Å². The SMILES string of the molecule is CC1(C)CCCC(=O)C1c1ccc(Cl)cc1. The summed E-state index contributed by atoms with van der Waals surface area (Å²) in [6.07, 6.45) is 2.86. The van der Waals surface area contributed by atoms with Crippen LogP contribution >= 0.6 is 11.6 Å². The van der Waals surface area contributed by atoms with Gasteiger partial charge in [-0.05, 0) is 36.0 Å². The van der Waals surface area contributed by atoms with E-state index in [0.717, 1.165) is 29.8 Å². The van der Waals surface area contributed by atoms with Gasteiger partial charge in [0.1, 0.15) is 5.78 Å². The predicted octanol–water partition coefficient (Wildman–Crippen LogP) is 4.20. The third kappa shape index (κ3) is 2.15. The summed E-state index contributed by atoms with van der Waals surface area (Å²) in [6, 6.07) is 7.71. The molecule has 0 bridgehead atoms. The first-order chi connectivity index (χ1) is 7.50. The van der Waals surface area contributed by atoms with Crippen LogP contribution in [0.15, 0.2) is 24.3 Å². The van der Waals surface area contributed by atoms with E-state index >= 15 is 0 Å². The summed E-state index contributed by atoms with van der Waals surface area (Å²) in [5, 5.41) is 0.727. The van der Waals surface area contributed by atoms with Crippen molar-refractivity contribution in [2.24, 2.45) is 5.41 Å². The quantitative estimate of drug-likeness (QED) is 0.714. The van der Waals surface area contributed by atoms with E-state index in [4.69, 9.17) is 11.6 Å². The van der Waals surface area contributed by atoms with Gasteiger partial charge >= 0.3 is 0 Å². The Kier molecular flexibility index (Phi) is 3.07. The Labute approximate surface area is 102 Å². The van der Waals surface area contributed by atoms with Gasteiger partial charge < -0.3 is 0 Å². The van der Waals surface area contributed by atoms with Crippen molar-refractivity contribution in [1.82, 2.24) is 0 Å². The second-order valence-electron chi connectivity index (χ2n) is 5.29. The second kappa shape index (κ2) is 4.21. The van der Waals surface area contributed by atoms with E-state index in [1.807, 2.05) is 24.3 Å². The minimum Gasteiger partial charge on any atom is -0.299 e. The third-order valence-corrected chi connectivity index (χ3v) is 3.80. The Morgan fingerprint density at radius 1 is 1.25 bits per heavy atom. The molecule has 2 heteroatoms. The summed E-state index contributed by atoms with van der Waals surface area (Å²) < 4.78 is 0. The normalized spacial score (nSPS) is 24.4. The minimum atomic E-state index is 0.0403. The highest BCUT2D eigenvalue weighted by Gasteiger charge is 2.38. The van der Waals surface area contributed by atoms with Crippen molar-refractivity contribution in [1.29, 1.82) is 0 Å². The maximum atomic E-state index is 12.1. The highest BCUT2D eigenvalue weighted by atomic mass is 35.5. The van der Waals surface area contributed by atoms with Gasteiger partial charge in [-0.15, -0.1) is 0 Å². The molecule has 0 aromatic heterocycles. The van der Waals surface area contributed by atoms with Gasteiger partial charge in [-0.3, -0.25) is 4.79 Å². The molecule has 0 amide bonds. The van der Waals surface area contributed by atoms with Crippen LogP contribution in [0.4, 0.5) is 0 Å². The van der Waals surface area contributed by atoms with Gasteiger partial charge in [-0.2, -0.15) is 0 Å². The van der Waals surface area contributed by atoms with Gasteiger partial charge in [0.2, 0.25) is 0 Å². The van der Waals surface area contributed by atoms with Crippen LogP contribution in [0.3, 0.4) is 0 Å². The standard InChI is InChI=1S/C14H17ClO/c1-14(2)9-3-4-12(16)13(14)10-5-7-11(15)8-6-10/h5-8,13H,3-4,9H2,1-2H3. The Hall–Kier alpha value is -0.820. The van der Waals surface area contributed by atoms with Gasteiger partial charge in [0.05, 0.1) is 0 Å². The number of halogens is 1. The summed E-state index contributed by atoms with van der Waals surface area (Å²) in [5.74, 6) is 0.414. The number of rotatable bonds is 1. The Bertz CT molecular complexity index is 392. The molecule has 1 saturated carbocycles. The van der Waals surface area contributed by atoms with Crippen LogP contribution in [0.2, 0.25) is 5.02 Å². The molecular formula is C14H17ClO. The maximum absolute atomic E-state index is 12.1. The van der Waals surface area contributed by atoms with Crippen LogP contribution in [0.1, 0.15) is 44.6 Å². The maximum Gasteiger partial charge on any atom is 0.140 e. The first kappa shape index (κ1) is 11.7. The molecular weight excluding hydrogens is 220 g/mol. The van der Waals surface area contributed by atoms with E-state index in [2.05, 4.69) is 13.8 Å². The molecule has 86 valence electrons. The van der Waals surface area contributed by atoms with Crippen molar-refractivity contribution in [3.05, 3.63) is 34.9 Å². The molecule has 1 unspecified atom stereocenters. The molecule has 1 nitrogen and oxygen atoms in total. The average Bonchev–Trinajstić information content (AvgIpc) is 2.19. The summed E-state index contributed by atoms with van der Waals surface area (Å²) in [6.45, 7) is 4.37. The number of hydrogen-bond acceptors (Lipinski definition) is 1. The number of ketones is 1. The number of Topliss-reactive ketones (excluding diaryl/α,β-unsaturated/α-hetero) is 1. The molecule has 2 rings (SSSR count). The Balaban J connectivity index is 2.36. The van der Waals surface area contributed by atoms with Gasteiger partial charge in [-0.25, -0.2) is 0 Å². The molecule has 1 aliphatic carbocycles. The molecule has 0 aliphatic heterocycles. The molecule has 16 heavy (non-hydrogen) atoms. The summed E-state index contributed by atoms with van der Waals surface area (Å²) >= 11 is 5.87. The van der Waals surface area contributed by atoms with E-state index in [1.165, 1.54) is 0 Å². The molecule has 0 N–H and O–H groups in total. The van der Waals surface area contributed by atoms with Gasteiger partial charge in [0.15, 0.2) is 0 Å². The summed E-state index contributed by atoms with van der Waals surface area (Å²) in [4.78, 5) is 12.1. The first-order valence-electron chi connectivity index (χ1n) is 5.79. The van der Waals surface area contributed by atoms with Gasteiger partial charge in [-0.1, -0.05) is 37.6 Å². The average molecular weight is 237 g/mol. The van der Waals surface area contributed by atoms with Crippen LogP contribution < -0.4 is 0 Å². The summed E-state index contributed by atoms with van der Waals surface area (Å²) in [5.41, 5.74) is 1.18. The van der Waals surface area contributed by atoms with Crippen molar-refractivity contribution in [2.75, 3.05) is 0 Å². The second-order valence-corrected chi connectivity index (χ2v) is 5.73. The highest BCUT2D eigenvalue weighted by molar-refractivity contribution is 6.30. The van der Waals surface area contributed by atoms with Crippen LogP contribution in [-0.2, 0) is 4.79 Å². The molecule has 1 aromatic rings. The zero-order valence-electron chi connectivity index (χ0n) is 9.79. The first-order valence-corrected chi connectivity index (χ1v) is 6.17. The lowest BCUT2D eigenvalue weighted by Crippen LogP contribution is -2.33. The highest BCUT2D eigenvalue weighted by Crippen LogP contribution is 2.44. The number of hydrogen-bond donors (Lipinski definition) is 0. The lowest BCUT2D eigenvalue weighted by molar-refractivity contribution is -0.125. The van der Waals surface area contributed by atoms with E-state index in [9.17, 15) is 4.79 Å². The molecule has 0 radical (unpaired) electrons. The van der Waals surface area contributed by atoms with Gasteiger partial charge in [0.25, 0.3) is 0 Å². The monoisotopic (exact) mass is 236 g/mol. The zero-order chi connectivity index (χ0) is 11.8.